The van der Waals surface area contributed by atoms with Crippen LogP contribution < -0.4 is 4.72 Å². The zero-order valence-corrected chi connectivity index (χ0v) is 11.6. The minimum Gasteiger partial charge on any atom is -0.383 e. The lowest BCUT2D eigenvalue weighted by Gasteiger charge is -2.12. The van der Waals surface area contributed by atoms with Crippen LogP contribution in [0.25, 0.3) is 0 Å². The molecular formula is C10H20ClNO4S. The monoisotopic (exact) mass is 285 g/mol. The van der Waals surface area contributed by atoms with Crippen LogP contribution >= 0.6 is 11.6 Å². The molecule has 17 heavy (non-hydrogen) atoms. The topological polar surface area (TPSA) is 64.6 Å². The van der Waals surface area contributed by atoms with E-state index < -0.39 is 10.0 Å². The van der Waals surface area contributed by atoms with Crippen molar-refractivity contribution in [1.29, 1.82) is 0 Å². The molecular weight excluding hydrogens is 266 g/mol. The Morgan fingerprint density at radius 3 is 2.94 bits per heavy atom. The van der Waals surface area contributed by atoms with Gasteiger partial charge in [-0.2, -0.15) is 0 Å². The summed E-state index contributed by atoms with van der Waals surface area (Å²) in [4.78, 5) is 0. The third-order valence-electron chi connectivity index (χ3n) is 2.56. The van der Waals surface area contributed by atoms with E-state index in [-0.39, 0.29) is 17.2 Å². The number of sulfonamides is 1. The third-order valence-corrected chi connectivity index (χ3v) is 4.36. The number of rotatable bonds is 8. The van der Waals surface area contributed by atoms with Gasteiger partial charge < -0.3 is 9.47 Å². The van der Waals surface area contributed by atoms with Crippen molar-refractivity contribution in [3.63, 3.8) is 0 Å². The lowest BCUT2D eigenvalue weighted by atomic mass is 10.3. The predicted octanol–water partition coefficient (Wildman–Crippen LogP) is 0.729. The van der Waals surface area contributed by atoms with Crippen molar-refractivity contribution >= 4 is 21.6 Å². The summed E-state index contributed by atoms with van der Waals surface area (Å²) in [5, 5.41) is -0.162. The van der Waals surface area contributed by atoms with Gasteiger partial charge in [-0.1, -0.05) is 0 Å². The standard InChI is InChI=1S/C10H20ClNO4S/c1-15-7-9(11)4-5-12-17(13,14)8-10-3-2-6-16-10/h9-10,12H,2-8H2,1H3. The van der Waals surface area contributed by atoms with Gasteiger partial charge in [0.25, 0.3) is 0 Å². The molecule has 1 rings (SSSR count). The lowest BCUT2D eigenvalue weighted by Crippen LogP contribution is -2.33. The summed E-state index contributed by atoms with van der Waals surface area (Å²) < 4.78 is 36.0. The zero-order valence-electron chi connectivity index (χ0n) is 10.0. The number of methoxy groups -OCH3 is 1. The molecule has 1 fully saturated rings. The summed E-state index contributed by atoms with van der Waals surface area (Å²) in [5.74, 6) is 0.0459. The van der Waals surface area contributed by atoms with Crippen molar-refractivity contribution in [3.8, 4) is 0 Å². The highest BCUT2D eigenvalue weighted by atomic mass is 35.5. The van der Waals surface area contributed by atoms with Gasteiger partial charge in [0.05, 0.1) is 23.8 Å². The minimum atomic E-state index is -3.25. The van der Waals surface area contributed by atoms with E-state index in [1.165, 1.54) is 0 Å². The first-order valence-corrected chi connectivity index (χ1v) is 7.84. The fourth-order valence-corrected chi connectivity index (χ4v) is 3.25. The first kappa shape index (κ1) is 15.2. The largest absolute Gasteiger partial charge is 0.383 e. The Labute approximate surface area is 108 Å². The molecule has 2 unspecified atom stereocenters. The van der Waals surface area contributed by atoms with Crippen molar-refractivity contribution in [1.82, 2.24) is 4.72 Å². The molecule has 5 nitrogen and oxygen atoms in total. The van der Waals surface area contributed by atoms with Crippen LogP contribution in [0, 0.1) is 0 Å². The van der Waals surface area contributed by atoms with Crippen molar-refractivity contribution in [2.24, 2.45) is 0 Å². The van der Waals surface area contributed by atoms with Crippen LogP contribution in [0.3, 0.4) is 0 Å². The van der Waals surface area contributed by atoms with Crippen molar-refractivity contribution in [3.05, 3.63) is 0 Å². The Hall–Kier alpha value is 0.120. The molecule has 0 spiro atoms. The number of alkyl halides is 1. The van der Waals surface area contributed by atoms with Crippen LogP contribution in [0.15, 0.2) is 0 Å². The van der Waals surface area contributed by atoms with Gasteiger partial charge in [-0.15, -0.1) is 11.6 Å². The van der Waals surface area contributed by atoms with Gasteiger partial charge in [0, 0.05) is 20.3 Å². The van der Waals surface area contributed by atoms with E-state index in [4.69, 9.17) is 21.1 Å². The molecule has 0 aromatic rings. The summed E-state index contributed by atoms with van der Waals surface area (Å²) in [6.07, 6.45) is 2.17. The number of ether oxygens (including phenoxy) is 2. The number of hydrogen-bond donors (Lipinski definition) is 1. The van der Waals surface area contributed by atoms with Gasteiger partial charge in [0.15, 0.2) is 0 Å². The molecule has 0 radical (unpaired) electrons. The normalized spacial score (nSPS) is 22.8. The molecule has 1 aliphatic heterocycles. The molecule has 1 N–H and O–H groups in total. The van der Waals surface area contributed by atoms with Crippen molar-refractivity contribution in [2.45, 2.75) is 30.7 Å². The van der Waals surface area contributed by atoms with Gasteiger partial charge in [-0.3, -0.25) is 0 Å². The van der Waals surface area contributed by atoms with Crippen molar-refractivity contribution in [2.75, 3.05) is 32.6 Å². The second-order valence-electron chi connectivity index (χ2n) is 4.15. The molecule has 0 aromatic carbocycles. The van der Waals surface area contributed by atoms with Crippen LogP contribution in [0.4, 0.5) is 0 Å². The smallest absolute Gasteiger partial charge is 0.214 e. The van der Waals surface area contributed by atoms with E-state index in [9.17, 15) is 8.42 Å². The molecule has 0 aliphatic carbocycles. The molecule has 1 heterocycles. The molecule has 102 valence electrons. The minimum absolute atomic E-state index is 0.0459. The van der Waals surface area contributed by atoms with Crippen molar-refractivity contribution < 1.29 is 17.9 Å². The van der Waals surface area contributed by atoms with Crippen LogP contribution in [-0.4, -0.2) is 52.5 Å². The predicted molar refractivity (Wildman–Crippen MR) is 66.9 cm³/mol. The Morgan fingerprint density at radius 2 is 2.35 bits per heavy atom. The molecule has 2 atom stereocenters. The first-order chi connectivity index (χ1) is 8.03. The van der Waals surface area contributed by atoms with Crippen LogP contribution in [0.5, 0.6) is 0 Å². The molecule has 0 aromatic heterocycles. The number of halogens is 1. The fourth-order valence-electron chi connectivity index (χ4n) is 1.71. The summed E-state index contributed by atoms with van der Waals surface area (Å²) in [7, 11) is -1.68. The highest BCUT2D eigenvalue weighted by Crippen LogP contribution is 2.13. The van der Waals surface area contributed by atoms with Crippen LogP contribution in [0.2, 0.25) is 0 Å². The number of hydrogen-bond acceptors (Lipinski definition) is 4. The molecule has 1 aliphatic rings. The van der Waals surface area contributed by atoms with Gasteiger partial charge in [-0.25, -0.2) is 13.1 Å². The molecule has 1 saturated heterocycles. The van der Waals surface area contributed by atoms with E-state index in [1.54, 1.807) is 7.11 Å². The fraction of sp³-hybridized carbons (Fsp3) is 1.00. The Balaban J connectivity index is 2.19. The van der Waals surface area contributed by atoms with E-state index in [1.807, 2.05) is 0 Å². The van der Waals surface area contributed by atoms with Gasteiger partial charge in [0.2, 0.25) is 10.0 Å². The quantitative estimate of drug-likeness (QED) is 0.668. The highest BCUT2D eigenvalue weighted by Gasteiger charge is 2.22. The zero-order chi connectivity index (χ0) is 12.7. The summed E-state index contributed by atoms with van der Waals surface area (Å²) in [6, 6.07) is 0. The molecule has 0 amide bonds. The maximum Gasteiger partial charge on any atom is 0.214 e. The summed E-state index contributed by atoms with van der Waals surface area (Å²) in [5.41, 5.74) is 0. The van der Waals surface area contributed by atoms with Crippen LogP contribution in [-0.2, 0) is 19.5 Å². The first-order valence-electron chi connectivity index (χ1n) is 5.75. The van der Waals surface area contributed by atoms with E-state index in [2.05, 4.69) is 4.72 Å². The van der Waals surface area contributed by atoms with Crippen LogP contribution in [0.1, 0.15) is 19.3 Å². The highest BCUT2D eigenvalue weighted by molar-refractivity contribution is 7.89. The second-order valence-corrected chi connectivity index (χ2v) is 6.62. The second kappa shape index (κ2) is 7.53. The molecule has 0 saturated carbocycles. The third kappa shape index (κ3) is 6.57. The maximum atomic E-state index is 11.7. The average Bonchev–Trinajstić information content (AvgIpc) is 2.69. The molecule has 7 heteroatoms. The summed E-state index contributed by atoms with van der Waals surface area (Å²) in [6.45, 7) is 1.43. The Morgan fingerprint density at radius 1 is 1.59 bits per heavy atom. The van der Waals surface area contributed by atoms with E-state index in [0.717, 1.165) is 12.8 Å². The summed E-state index contributed by atoms with van der Waals surface area (Å²) >= 11 is 5.90. The Bertz CT molecular complexity index is 303. The maximum absolute atomic E-state index is 11.7. The van der Waals surface area contributed by atoms with Gasteiger partial charge in [0.1, 0.15) is 0 Å². The SMILES string of the molecule is COCC(Cl)CCNS(=O)(=O)CC1CCCO1. The van der Waals surface area contributed by atoms with Gasteiger partial charge in [-0.05, 0) is 19.3 Å². The number of nitrogens with one attached hydrogen (secondary N) is 1. The average molecular weight is 286 g/mol. The Kier molecular flexibility index (Phi) is 6.72. The van der Waals surface area contributed by atoms with Gasteiger partial charge >= 0.3 is 0 Å². The lowest BCUT2D eigenvalue weighted by molar-refractivity contribution is 0.127. The van der Waals surface area contributed by atoms with E-state index in [0.29, 0.717) is 26.2 Å². The van der Waals surface area contributed by atoms with E-state index >= 15 is 0 Å². The molecule has 0 bridgehead atoms.